The fourth-order valence-corrected chi connectivity index (χ4v) is 2.68. The molecule has 3 aromatic carbocycles. The van der Waals surface area contributed by atoms with Gasteiger partial charge in [0, 0.05) is 12.0 Å². The average molecular weight is 348 g/mol. The van der Waals surface area contributed by atoms with E-state index in [0.29, 0.717) is 6.42 Å². The molecule has 134 valence electrons. The SMILES string of the molecule is CCC=O.COc1ccc(-c2ccccc2)c(-c2ccccc2)c1OC. The lowest BCUT2D eigenvalue weighted by Gasteiger charge is -2.17. The molecule has 0 fully saturated rings. The van der Waals surface area contributed by atoms with Gasteiger partial charge in [0.1, 0.15) is 6.29 Å². The number of rotatable bonds is 5. The number of benzene rings is 3. The highest BCUT2D eigenvalue weighted by atomic mass is 16.5. The molecule has 3 nitrogen and oxygen atoms in total. The quantitative estimate of drug-likeness (QED) is 0.560. The van der Waals surface area contributed by atoms with Gasteiger partial charge in [-0.1, -0.05) is 67.6 Å². The highest BCUT2D eigenvalue weighted by Gasteiger charge is 2.17. The Labute approximate surface area is 155 Å². The van der Waals surface area contributed by atoms with Gasteiger partial charge in [-0.05, 0) is 28.8 Å². The molecule has 0 bridgehead atoms. The summed E-state index contributed by atoms with van der Waals surface area (Å²) in [6.45, 7) is 1.81. The standard InChI is InChI=1S/C20H18O2.C3H6O/c1-21-18-14-13-17(15-9-5-3-6-10-15)19(20(18)22-2)16-11-7-4-8-12-16;1-2-3-4/h3-14H,1-2H3;3H,2H2,1H3. The summed E-state index contributed by atoms with van der Waals surface area (Å²) in [5.41, 5.74) is 4.44. The van der Waals surface area contributed by atoms with Crippen LogP contribution in [0.3, 0.4) is 0 Å². The predicted octanol–water partition coefficient (Wildman–Crippen LogP) is 5.63. The Balaban J connectivity index is 0.000000552. The normalized spacial score (nSPS) is 9.65. The number of hydrogen-bond acceptors (Lipinski definition) is 3. The van der Waals surface area contributed by atoms with Crippen molar-refractivity contribution in [1.29, 1.82) is 0 Å². The molecule has 0 spiro atoms. The van der Waals surface area contributed by atoms with Gasteiger partial charge >= 0.3 is 0 Å². The van der Waals surface area contributed by atoms with E-state index in [9.17, 15) is 4.79 Å². The largest absolute Gasteiger partial charge is 0.493 e. The molecule has 0 aliphatic carbocycles. The lowest BCUT2D eigenvalue weighted by molar-refractivity contribution is -0.107. The molecule has 0 heterocycles. The molecule has 0 aliphatic heterocycles. The third-order valence-electron chi connectivity index (χ3n) is 3.86. The third-order valence-corrected chi connectivity index (χ3v) is 3.86. The summed E-state index contributed by atoms with van der Waals surface area (Å²) in [4.78, 5) is 9.17. The van der Waals surface area contributed by atoms with E-state index in [-0.39, 0.29) is 0 Å². The van der Waals surface area contributed by atoms with Crippen LogP contribution in [0.15, 0.2) is 72.8 Å². The first-order chi connectivity index (χ1) is 12.8. The van der Waals surface area contributed by atoms with Gasteiger partial charge in [0.15, 0.2) is 11.5 Å². The van der Waals surface area contributed by atoms with E-state index < -0.39 is 0 Å². The maximum absolute atomic E-state index is 9.17. The van der Waals surface area contributed by atoms with Crippen molar-refractivity contribution in [1.82, 2.24) is 0 Å². The zero-order chi connectivity index (χ0) is 18.8. The van der Waals surface area contributed by atoms with Gasteiger partial charge in [-0.15, -0.1) is 0 Å². The van der Waals surface area contributed by atoms with E-state index >= 15 is 0 Å². The Morgan fingerprint density at radius 2 is 1.31 bits per heavy atom. The summed E-state index contributed by atoms with van der Waals surface area (Å²) in [7, 11) is 3.34. The molecule has 3 aromatic rings. The van der Waals surface area contributed by atoms with Crippen molar-refractivity contribution in [3.63, 3.8) is 0 Å². The second-order valence-corrected chi connectivity index (χ2v) is 5.53. The van der Waals surface area contributed by atoms with Gasteiger partial charge in [0.05, 0.1) is 14.2 Å². The molecule has 0 N–H and O–H groups in total. The number of hydrogen-bond donors (Lipinski definition) is 0. The Bertz CT molecular complexity index is 812. The van der Waals surface area contributed by atoms with Crippen LogP contribution in [0.1, 0.15) is 13.3 Å². The van der Waals surface area contributed by atoms with Crippen LogP contribution in [0.4, 0.5) is 0 Å². The van der Waals surface area contributed by atoms with Crippen LogP contribution < -0.4 is 9.47 Å². The lowest BCUT2D eigenvalue weighted by atomic mass is 9.93. The first-order valence-electron chi connectivity index (χ1n) is 8.56. The van der Waals surface area contributed by atoms with Gasteiger partial charge in [-0.3, -0.25) is 0 Å². The second kappa shape index (κ2) is 10.0. The zero-order valence-electron chi connectivity index (χ0n) is 15.4. The number of methoxy groups -OCH3 is 2. The fraction of sp³-hybridized carbons (Fsp3) is 0.174. The maximum atomic E-state index is 9.17. The lowest BCUT2D eigenvalue weighted by Crippen LogP contribution is -1.96. The molecular weight excluding hydrogens is 324 g/mol. The molecule has 0 saturated heterocycles. The number of aldehydes is 1. The molecule has 0 atom stereocenters. The first kappa shape index (κ1) is 19.3. The van der Waals surface area contributed by atoms with E-state index in [1.165, 1.54) is 0 Å². The first-order valence-corrected chi connectivity index (χ1v) is 8.56. The van der Waals surface area contributed by atoms with Crippen LogP contribution in [0.2, 0.25) is 0 Å². The summed E-state index contributed by atoms with van der Waals surface area (Å²) >= 11 is 0. The number of carbonyl (C=O) groups excluding carboxylic acids is 1. The van der Waals surface area contributed by atoms with E-state index in [1.54, 1.807) is 14.2 Å². The topological polar surface area (TPSA) is 35.5 Å². The van der Waals surface area contributed by atoms with Crippen LogP contribution in [0.5, 0.6) is 11.5 Å². The van der Waals surface area contributed by atoms with Crippen molar-refractivity contribution in [2.24, 2.45) is 0 Å². The van der Waals surface area contributed by atoms with Gasteiger partial charge in [0.2, 0.25) is 0 Å². The van der Waals surface area contributed by atoms with Crippen LogP contribution in [0, 0.1) is 0 Å². The van der Waals surface area contributed by atoms with Gasteiger partial charge in [-0.2, -0.15) is 0 Å². The van der Waals surface area contributed by atoms with Crippen LogP contribution in [-0.4, -0.2) is 20.5 Å². The Morgan fingerprint density at radius 1 is 0.769 bits per heavy atom. The molecule has 3 heteroatoms. The van der Waals surface area contributed by atoms with Crippen LogP contribution in [-0.2, 0) is 4.79 Å². The molecule has 0 saturated carbocycles. The predicted molar refractivity (Wildman–Crippen MR) is 107 cm³/mol. The van der Waals surface area contributed by atoms with E-state index in [4.69, 9.17) is 9.47 Å². The Hall–Kier alpha value is -3.07. The Morgan fingerprint density at radius 3 is 1.77 bits per heavy atom. The molecule has 0 amide bonds. The molecule has 0 unspecified atom stereocenters. The van der Waals surface area contributed by atoms with Crippen LogP contribution in [0.25, 0.3) is 22.3 Å². The van der Waals surface area contributed by atoms with Crippen molar-refractivity contribution in [2.45, 2.75) is 13.3 Å². The number of ether oxygens (including phenoxy) is 2. The molecular formula is C23H24O3. The van der Waals surface area contributed by atoms with Crippen LogP contribution >= 0.6 is 0 Å². The van der Waals surface area contributed by atoms with E-state index in [2.05, 4.69) is 30.3 Å². The summed E-state index contributed by atoms with van der Waals surface area (Å²) in [5.74, 6) is 1.50. The minimum Gasteiger partial charge on any atom is -0.493 e. The summed E-state index contributed by atoms with van der Waals surface area (Å²) in [6, 6.07) is 24.6. The van der Waals surface area contributed by atoms with Crippen molar-refractivity contribution in [3.8, 4) is 33.8 Å². The molecule has 3 rings (SSSR count). The smallest absolute Gasteiger partial charge is 0.169 e. The number of carbonyl (C=O) groups is 1. The third kappa shape index (κ3) is 4.51. The monoisotopic (exact) mass is 348 g/mol. The van der Waals surface area contributed by atoms with Crippen molar-refractivity contribution in [3.05, 3.63) is 72.8 Å². The van der Waals surface area contributed by atoms with Crippen molar-refractivity contribution in [2.75, 3.05) is 14.2 Å². The summed E-state index contributed by atoms with van der Waals surface area (Å²) < 4.78 is 11.1. The van der Waals surface area contributed by atoms with Crippen molar-refractivity contribution >= 4 is 6.29 Å². The van der Waals surface area contributed by atoms with Gasteiger partial charge in [0.25, 0.3) is 0 Å². The van der Waals surface area contributed by atoms with E-state index in [1.807, 2.05) is 49.4 Å². The summed E-state index contributed by atoms with van der Waals surface area (Å²) in [6.07, 6.45) is 1.51. The molecule has 0 aromatic heterocycles. The van der Waals surface area contributed by atoms with E-state index in [0.717, 1.165) is 40.0 Å². The summed E-state index contributed by atoms with van der Waals surface area (Å²) in [5, 5.41) is 0. The highest BCUT2D eigenvalue weighted by molar-refractivity contribution is 5.89. The molecule has 0 radical (unpaired) electrons. The highest BCUT2D eigenvalue weighted by Crippen LogP contribution is 2.44. The zero-order valence-corrected chi connectivity index (χ0v) is 15.4. The second-order valence-electron chi connectivity index (χ2n) is 5.53. The minimum atomic E-state index is 0.639. The fourth-order valence-electron chi connectivity index (χ4n) is 2.68. The average Bonchev–Trinajstić information content (AvgIpc) is 2.74. The van der Waals surface area contributed by atoms with Gasteiger partial charge < -0.3 is 14.3 Å². The maximum Gasteiger partial charge on any atom is 0.169 e. The minimum absolute atomic E-state index is 0.639. The molecule has 26 heavy (non-hydrogen) atoms. The molecule has 0 aliphatic rings. The van der Waals surface area contributed by atoms with Gasteiger partial charge in [-0.25, -0.2) is 0 Å². The Kier molecular flexibility index (Phi) is 7.44. The van der Waals surface area contributed by atoms with Crippen molar-refractivity contribution < 1.29 is 14.3 Å².